The summed E-state index contributed by atoms with van der Waals surface area (Å²) in [5.74, 6) is 0.647. The molecule has 1 unspecified atom stereocenters. The number of hydrogen-bond acceptors (Lipinski definition) is 9. The van der Waals surface area contributed by atoms with Crippen LogP contribution < -0.4 is 16.0 Å². The van der Waals surface area contributed by atoms with Gasteiger partial charge in [0.2, 0.25) is 0 Å². The molecule has 0 aliphatic carbocycles. The minimum absolute atomic E-state index is 0.317. The van der Waals surface area contributed by atoms with Crippen LogP contribution in [-0.4, -0.2) is 59.5 Å². The van der Waals surface area contributed by atoms with Crippen molar-refractivity contribution in [2.75, 3.05) is 43.1 Å². The summed E-state index contributed by atoms with van der Waals surface area (Å²) in [6.45, 7) is 5.54. The normalized spacial score (nSPS) is 20.9. The van der Waals surface area contributed by atoms with Crippen molar-refractivity contribution in [1.82, 2.24) is 15.0 Å². The van der Waals surface area contributed by atoms with Gasteiger partial charge >= 0.3 is 0 Å². The number of amides is 1. The van der Waals surface area contributed by atoms with Crippen molar-refractivity contribution in [2.24, 2.45) is 10.7 Å². The molecule has 0 radical (unpaired) electrons. The summed E-state index contributed by atoms with van der Waals surface area (Å²) < 4.78 is 5.41. The molecule has 2 aliphatic heterocycles. The molecule has 5 heterocycles. The number of aromatic nitrogens is 3. The molecule has 1 fully saturated rings. The minimum Gasteiger partial charge on any atom is -0.384 e. The van der Waals surface area contributed by atoms with Crippen molar-refractivity contribution < 1.29 is 9.53 Å². The highest BCUT2D eigenvalue weighted by molar-refractivity contribution is 7.21. The maximum absolute atomic E-state index is 12.9. The molecule has 0 spiro atoms. The van der Waals surface area contributed by atoms with Crippen molar-refractivity contribution in [2.45, 2.75) is 12.3 Å². The highest BCUT2D eigenvalue weighted by Gasteiger charge is 2.28. The third-order valence-corrected chi connectivity index (χ3v) is 6.57. The zero-order chi connectivity index (χ0) is 22.1. The Bertz CT molecular complexity index is 1230. The first-order chi connectivity index (χ1) is 15.5. The standard InChI is InChI=1S/C22H23N7O2S/c1-22(8-7-17(23)24-13-22)16-4-2-3-14(25-16)19(30)27-18-6-5-15-20(28-18)32-21(26-15)29-9-11-31-12-10-29/h2-8H,9-13H2,1H3,(H2,23,24)(H,27,28,30). The number of aliphatic imine (C=N–C) groups is 1. The molecule has 0 aromatic carbocycles. The number of nitrogens with zero attached hydrogens (tertiary/aromatic N) is 5. The number of anilines is 2. The first kappa shape index (κ1) is 20.5. The summed E-state index contributed by atoms with van der Waals surface area (Å²) in [4.78, 5) is 34.0. The fraction of sp³-hybridized carbons (Fsp3) is 0.318. The molecular formula is C22H23N7O2S. The molecule has 32 heavy (non-hydrogen) atoms. The van der Waals surface area contributed by atoms with E-state index in [9.17, 15) is 4.79 Å². The summed E-state index contributed by atoms with van der Waals surface area (Å²) in [7, 11) is 0. The Balaban J connectivity index is 1.34. The van der Waals surface area contributed by atoms with Gasteiger partial charge < -0.3 is 20.7 Å². The van der Waals surface area contributed by atoms with Crippen LogP contribution in [0.15, 0.2) is 47.5 Å². The number of dihydropyridines is 1. The maximum Gasteiger partial charge on any atom is 0.275 e. The molecule has 0 bridgehead atoms. The van der Waals surface area contributed by atoms with Crippen LogP contribution in [0.1, 0.15) is 23.1 Å². The lowest BCUT2D eigenvalue weighted by Gasteiger charge is -2.26. The molecule has 9 nitrogen and oxygen atoms in total. The molecule has 3 aromatic rings. The number of thiazole rings is 1. The predicted molar refractivity (Wildman–Crippen MR) is 126 cm³/mol. The smallest absolute Gasteiger partial charge is 0.275 e. The Hall–Kier alpha value is -3.37. The number of hydrogen-bond donors (Lipinski definition) is 2. The highest BCUT2D eigenvalue weighted by atomic mass is 32.1. The molecule has 3 aromatic heterocycles. The maximum atomic E-state index is 12.9. The molecule has 164 valence electrons. The SMILES string of the molecule is CC1(c2cccc(C(=O)Nc3ccc4nc(N5CCOCC5)sc4n3)n2)C=CC(N)=NC1. The second kappa shape index (κ2) is 8.29. The molecule has 1 atom stereocenters. The van der Waals surface area contributed by atoms with Crippen molar-refractivity contribution in [3.63, 3.8) is 0 Å². The molecule has 1 amide bonds. The van der Waals surface area contributed by atoms with Gasteiger partial charge in [-0.3, -0.25) is 9.79 Å². The van der Waals surface area contributed by atoms with Crippen molar-refractivity contribution in [3.8, 4) is 0 Å². The largest absolute Gasteiger partial charge is 0.384 e. The monoisotopic (exact) mass is 449 g/mol. The van der Waals surface area contributed by atoms with Crippen molar-refractivity contribution in [3.05, 3.63) is 53.9 Å². The average Bonchev–Trinajstić information content (AvgIpc) is 3.25. The van der Waals surface area contributed by atoms with Crippen LogP contribution >= 0.6 is 11.3 Å². The number of morpholine rings is 1. The lowest BCUT2D eigenvalue weighted by atomic mass is 9.84. The van der Waals surface area contributed by atoms with Gasteiger partial charge in [-0.2, -0.15) is 0 Å². The van der Waals surface area contributed by atoms with Gasteiger partial charge in [-0.15, -0.1) is 0 Å². The van der Waals surface area contributed by atoms with Crippen LogP contribution in [0.2, 0.25) is 0 Å². The zero-order valence-corrected chi connectivity index (χ0v) is 18.4. The average molecular weight is 450 g/mol. The van der Waals surface area contributed by atoms with E-state index in [1.807, 2.05) is 31.2 Å². The summed E-state index contributed by atoms with van der Waals surface area (Å²) in [6.07, 6.45) is 3.75. The molecule has 0 saturated carbocycles. The Morgan fingerprint density at radius 2 is 2.03 bits per heavy atom. The van der Waals surface area contributed by atoms with E-state index in [-0.39, 0.29) is 5.91 Å². The van der Waals surface area contributed by atoms with Crippen LogP contribution in [0.4, 0.5) is 10.9 Å². The lowest BCUT2D eigenvalue weighted by molar-refractivity contribution is 0.102. The van der Waals surface area contributed by atoms with Crippen LogP contribution in [0, 0.1) is 0 Å². The number of fused-ring (bicyclic) bond motifs is 1. The Kier molecular flexibility index (Phi) is 5.32. The topological polar surface area (TPSA) is 119 Å². The van der Waals surface area contributed by atoms with E-state index in [1.54, 1.807) is 18.2 Å². The van der Waals surface area contributed by atoms with Crippen molar-refractivity contribution >= 4 is 44.4 Å². The van der Waals surface area contributed by atoms with E-state index in [2.05, 4.69) is 30.2 Å². The summed E-state index contributed by atoms with van der Waals surface area (Å²) in [6, 6.07) is 9.04. The number of ether oxygens (including phenoxy) is 1. The number of carbonyl (C=O) groups excluding carboxylic acids is 1. The Morgan fingerprint density at radius 1 is 1.19 bits per heavy atom. The van der Waals surface area contributed by atoms with E-state index >= 15 is 0 Å². The van der Waals surface area contributed by atoms with Crippen molar-refractivity contribution in [1.29, 1.82) is 0 Å². The van der Waals surface area contributed by atoms with E-state index in [0.717, 1.165) is 34.3 Å². The minimum atomic E-state index is -0.408. The summed E-state index contributed by atoms with van der Waals surface area (Å²) in [5.41, 5.74) is 7.23. The van der Waals surface area contributed by atoms with Gasteiger partial charge in [-0.25, -0.2) is 15.0 Å². The molecule has 1 saturated heterocycles. The molecule has 2 aliphatic rings. The van der Waals surface area contributed by atoms with Crippen LogP contribution in [0.3, 0.4) is 0 Å². The zero-order valence-electron chi connectivity index (χ0n) is 17.6. The number of nitrogens with two attached hydrogens (primary N) is 1. The molecular weight excluding hydrogens is 426 g/mol. The van der Waals surface area contributed by atoms with E-state index in [1.165, 1.54) is 11.3 Å². The van der Waals surface area contributed by atoms with E-state index < -0.39 is 5.41 Å². The van der Waals surface area contributed by atoms with Gasteiger partial charge in [0.15, 0.2) is 5.13 Å². The van der Waals surface area contributed by atoms with E-state index in [4.69, 9.17) is 10.5 Å². The first-order valence-electron chi connectivity index (χ1n) is 10.4. The summed E-state index contributed by atoms with van der Waals surface area (Å²) >= 11 is 1.51. The molecule has 10 heteroatoms. The first-order valence-corrected chi connectivity index (χ1v) is 11.2. The lowest BCUT2D eigenvalue weighted by Crippen LogP contribution is -2.36. The van der Waals surface area contributed by atoms with Gasteiger partial charge in [0.25, 0.3) is 5.91 Å². The predicted octanol–water partition coefficient (Wildman–Crippen LogP) is 2.36. The Morgan fingerprint density at radius 3 is 2.81 bits per heavy atom. The molecule has 3 N–H and O–H groups in total. The van der Waals surface area contributed by atoms with Gasteiger partial charge in [0.05, 0.1) is 25.5 Å². The van der Waals surface area contributed by atoms with Gasteiger partial charge in [-0.05, 0) is 37.3 Å². The third-order valence-electron chi connectivity index (χ3n) is 5.55. The number of rotatable bonds is 4. The second-order valence-electron chi connectivity index (χ2n) is 7.97. The number of pyridine rings is 2. The number of carbonyl (C=O) groups is 1. The van der Waals surface area contributed by atoms with Crippen LogP contribution in [0.25, 0.3) is 10.3 Å². The fourth-order valence-corrected chi connectivity index (χ4v) is 4.61. The highest BCUT2D eigenvalue weighted by Crippen LogP contribution is 2.29. The van der Waals surface area contributed by atoms with Gasteiger partial charge in [0, 0.05) is 18.5 Å². The van der Waals surface area contributed by atoms with Gasteiger partial charge in [0.1, 0.15) is 27.7 Å². The van der Waals surface area contributed by atoms with Crippen LogP contribution in [0.5, 0.6) is 0 Å². The third kappa shape index (κ3) is 4.06. The fourth-order valence-electron chi connectivity index (χ4n) is 3.62. The summed E-state index contributed by atoms with van der Waals surface area (Å²) in [5, 5.41) is 3.78. The van der Waals surface area contributed by atoms with Gasteiger partial charge in [-0.1, -0.05) is 23.5 Å². The Labute approximate surface area is 189 Å². The quantitative estimate of drug-likeness (QED) is 0.628. The van der Waals surface area contributed by atoms with Crippen LogP contribution in [-0.2, 0) is 10.2 Å². The van der Waals surface area contributed by atoms with E-state index in [0.29, 0.717) is 37.1 Å². The number of amidine groups is 1. The molecule has 5 rings (SSSR count). The second-order valence-corrected chi connectivity index (χ2v) is 8.93. The number of nitrogens with one attached hydrogen (secondary N) is 1.